The van der Waals surface area contributed by atoms with Gasteiger partial charge < -0.3 is 10.1 Å². The SMILES string of the molecule is COCCN1C(=O)C(CC(=O)Nc2ccccc2)n2c1nc1ccccc12. The molecule has 2 aromatic carbocycles. The van der Waals surface area contributed by atoms with E-state index in [4.69, 9.17) is 4.74 Å². The highest BCUT2D eigenvalue weighted by Gasteiger charge is 2.40. The molecule has 1 aromatic heterocycles. The fourth-order valence-electron chi connectivity index (χ4n) is 3.40. The Morgan fingerprint density at radius 2 is 1.89 bits per heavy atom. The lowest BCUT2D eigenvalue weighted by molar-refractivity contribution is -0.124. The second-order valence-corrected chi connectivity index (χ2v) is 6.39. The van der Waals surface area contributed by atoms with Crippen LogP contribution in [0.15, 0.2) is 54.6 Å². The number of amides is 2. The largest absolute Gasteiger partial charge is 0.383 e. The average Bonchev–Trinajstić information content (AvgIpc) is 3.16. The van der Waals surface area contributed by atoms with E-state index in [0.29, 0.717) is 24.8 Å². The minimum absolute atomic E-state index is 0.0462. The summed E-state index contributed by atoms with van der Waals surface area (Å²) in [6.07, 6.45) is 0.0462. The topological polar surface area (TPSA) is 76.5 Å². The van der Waals surface area contributed by atoms with E-state index >= 15 is 0 Å². The molecule has 2 amide bonds. The van der Waals surface area contributed by atoms with E-state index in [0.717, 1.165) is 11.0 Å². The molecule has 3 aromatic rings. The van der Waals surface area contributed by atoms with Gasteiger partial charge in [0.05, 0.1) is 30.6 Å². The number of anilines is 2. The zero-order valence-electron chi connectivity index (χ0n) is 15.0. The highest BCUT2D eigenvalue weighted by Crippen LogP contribution is 2.36. The van der Waals surface area contributed by atoms with E-state index in [2.05, 4.69) is 10.3 Å². The molecule has 27 heavy (non-hydrogen) atoms. The van der Waals surface area contributed by atoms with E-state index in [-0.39, 0.29) is 18.2 Å². The summed E-state index contributed by atoms with van der Waals surface area (Å²) < 4.78 is 6.99. The molecule has 0 fully saturated rings. The summed E-state index contributed by atoms with van der Waals surface area (Å²) >= 11 is 0. The number of benzene rings is 2. The Morgan fingerprint density at radius 3 is 2.67 bits per heavy atom. The van der Waals surface area contributed by atoms with Crippen LogP contribution in [0.4, 0.5) is 11.6 Å². The molecule has 7 nitrogen and oxygen atoms in total. The van der Waals surface area contributed by atoms with E-state index in [1.165, 1.54) is 0 Å². The van der Waals surface area contributed by atoms with Gasteiger partial charge in [-0.05, 0) is 24.3 Å². The highest BCUT2D eigenvalue weighted by atomic mass is 16.5. The molecule has 0 saturated heterocycles. The van der Waals surface area contributed by atoms with Gasteiger partial charge in [0.1, 0.15) is 6.04 Å². The predicted molar refractivity (Wildman–Crippen MR) is 103 cm³/mol. The molecule has 4 rings (SSSR count). The molecule has 1 atom stereocenters. The van der Waals surface area contributed by atoms with Gasteiger partial charge in [-0.1, -0.05) is 30.3 Å². The Hall–Kier alpha value is -3.19. The van der Waals surface area contributed by atoms with E-state index in [9.17, 15) is 9.59 Å². The van der Waals surface area contributed by atoms with Crippen LogP contribution in [-0.2, 0) is 14.3 Å². The summed E-state index contributed by atoms with van der Waals surface area (Å²) in [5.74, 6) is 0.219. The lowest BCUT2D eigenvalue weighted by atomic mass is 10.1. The maximum atomic E-state index is 13.0. The monoisotopic (exact) mass is 364 g/mol. The molecule has 0 saturated carbocycles. The molecule has 1 aliphatic heterocycles. The molecule has 0 radical (unpaired) electrons. The van der Waals surface area contributed by atoms with Gasteiger partial charge in [0.25, 0.3) is 5.91 Å². The Balaban J connectivity index is 1.64. The van der Waals surface area contributed by atoms with E-state index in [1.54, 1.807) is 12.0 Å². The van der Waals surface area contributed by atoms with E-state index < -0.39 is 6.04 Å². The van der Waals surface area contributed by atoms with Gasteiger partial charge >= 0.3 is 0 Å². The standard InChI is InChI=1S/C20H20N4O3/c1-27-12-11-23-19(26)17(13-18(25)21-14-7-3-2-4-8-14)24-16-10-6-5-9-15(16)22-20(23)24/h2-10,17H,11-13H2,1H3,(H,21,25). The molecule has 0 bridgehead atoms. The number of carbonyl (C=O) groups excluding carboxylic acids is 2. The number of rotatable bonds is 6. The van der Waals surface area contributed by atoms with Gasteiger partial charge in [-0.2, -0.15) is 0 Å². The first-order valence-corrected chi connectivity index (χ1v) is 8.81. The second kappa shape index (κ2) is 7.20. The number of fused-ring (bicyclic) bond motifs is 3. The molecule has 1 N–H and O–H groups in total. The summed E-state index contributed by atoms with van der Waals surface area (Å²) in [5.41, 5.74) is 2.36. The summed E-state index contributed by atoms with van der Waals surface area (Å²) in [4.78, 5) is 31.8. The molecule has 0 aliphatic carbocycles. The van der Waals surface area contributed by atoms with Crippen LogP contribution in [0.25, 0.3) is 11.0 Å². The minimum Gasteiger partial charge on any atom is -0.383 e. The minimum atomic E-state index is -0.618. The molecule has 2 heterocycles. The molecule has 1 aliphatic rings. The molecule has 7 heteroatoms. The van der Waals surface area contributed by atoms with Crippen molar-refractivity contribution in [3.05, 3.63) is 54.6 Å². The summed E-state index contributed by atoms with van der Waals surface area (Å²) in [7, 11) is 1.59. The third kappa shape index (κ3) is 3.17. The number of nitrogens with one attached hydrogen (secondary N) is 1. The average molecular weight is 364 g/mol. The van der Waals surface area contributed by atoms with E-state index in [1.807, 2.05) is 59.2 Å². The maximum absolute atomic E-state index is 13.0. The van der Waals surface area contributed by atoms with Gasteiger partial charge in [0.2, 0.25) is 11.9 Å². The van der Waals surface area contributed by atoms with Gasteiger partial charge in [0.15, 0.2) is 0 Å². The van der Waals surface area contributed by atoms with Crippen LogP contribution in [0, 0.1) is 0 Å². The number of nitrogens with zero attached hydrogens (tertiary/aromatic N) is 3. The fourth-order valence-corrected chi connectivity index (χ4v) is 3.40. The number of methoxy groups -OCH3 is 1. The number of carbonyl (C=O) groups is 2. The smallest absolute Gasteiger partial charge is 0.253 e. The molecular weight excluding hydrogens is 344 g/mol. The van der Waals surface area contributed by atoms with Crippen LogP contribution in [0.5, 0.6) is 0 Å². The number of imidazole rings is 1. The summed E-state index contributed by atoms with van der Waals surface area (Å²) in [6.45, 7) is 0.799. The van der Waals surface area contributed by atoms with Crippen LogP contribution in [0.2, 0.25) is 0 Å². The van der Waals surface area contributed by atoms with Gasteiger partial charge in [-0.3, -0.25) is 19.1 Å². The third-order valence-electron chi connectivity index (χ3n) is 4.64. The van der Waals surface area contributed by atoms with Crippen molar-refractivity contribution in [2.45, 2.75) is 12.5 Å². The first-order valence-electron chi connectivity index (χ1n) is 8.81. The highest BCUT2D eigenvalue weighted by molar-refractivity contribution is 6.05. The van der Waals surface area contributed by atoms with Crippen LogP contribution in [0.3, 0.4) is 0 Å². The summed E-state index contributed by atoms with van der Waals surface area (Å²) in [5, 5.41) is 2.85. The van der Waals surface area contributed by atoms with Gasteiger partial charge in [0, 0.05) is 12.8 Å². The Morgan fingerprint density at radius 1 is 1.15 bits per heavy atom. The van der Waals surface area contributed by atoms with Crippen molar-refractivity contribution in [2.75, 3.05) is 30.5 Å². The van der Waals surface area contributed by atoms with Crippen molar-refractivity contribution >= 4 is 34.5 Å². The normalized spacial score (nSPS) is 16.0. The number of ether oxygens (including phenoxy) is 1. The lowest BCUT2D eigenvalue weighted by Crippen LogP contribution is -2.33. The number of para-hydroxylation sites is 3. The molecular formula is C20H20N4O3. The zero-order chi connectivity index (χ0) is 18.8. The molecule has 138 valence electrons. The van der Waals surface area contributed by atoms with Crippen LogP contribution in [-0.4, -0.2) is 41.6 Å². The van der Waals surface area contributed by atoms with Crippen LogP contribution in [0.1, 0.15) is 12.5 Å². The third-order valence-corrected chi connectivity index (χ3v) is 4.64. The first kappa shape index (κ1) is 17.2. The van der Waals surface area contributed by atoms with Crippen molar-refractivity contribution in [3.63, 3.8) is 0 Å². The quantitative estimate of drug-likeness (QED) is 0.729. The zero-order valence-corrected chi connectivity index (χ0v) is 15.0. The summed E-state index contributed by atoms with van der Waals surface area (Å²) in [6, 6.07) is 16.2. The number of hydrogen-bond acceptors (Lipinski definition) is 4. The predicted octanol–water partition coefficient (Wildman–Crippen LogP) is 2.60. The maximum Gasteiger partial charge on any atom is 0.253 e. The van der Waals surface area contributed by atoms with Gasteiger partial charge in [-0.25, -0.2) is 4.98 Å². The van der Waals surface area contributed by atoms with Crippen molar-refractivity contribution in [2.24, 2.45) is 0 Å². The van der Waals surface area contributed by atoms with Crippen molar-refractivity contribution in [1.29, 1.82) is 0 Å². The Kier molecular flexibility index (Phi) is 4.60. The molecule has 1 unspecified atom stereocenters. The molecule has 0 spiro atoms. The van der Waals surface area contributed by atoms with Crippen LogP contribution < -0.4 is 10.2 Å². The van der Waals surface area contributed by atoms with Crippen molar-refractivity contribution in [3.8, 4) is 0 Å². The second-order valence-electron chi connectivity index (χ2n) is 6.39. The Labute approximate surface area is 156 Å². The van der Waals surface area contributed by atoms with Crippen LogP contribution >= 0.6 is 0 Å². The van der Waals surface area contributed by atoms with Crippen molar-refractivity contribution < 1.29 is 14.3 Å². The number of aromatic nitrogens is 2. The fraction of sp³-hybridized carbons (Fsp3) is 0.250. The Bertz CT molecular complexity index is 983. The van der Waals surface area contributed by atoms with Gasteiger partial charge in [-0.15, -0.1) is 0 Å². The lowest BCUT2D eigenvalue weighted by Gasteiger charge is -2.15. The number of hydrogen-bond donors (Lipinski definition) is 1. The first-order chi connectivity index (χ1) is 13.2. The van der Waals surface area contributed by atoms with Crippen molar-refractivity contribution in [1.82, 2.24) is 9.55 Å².